The van der Waals surface area contributed by atoms with Gasteiger partial charge in [0, 0.05) is 30.7 Å². The Morgan fingerprint density at radius 3 is 2.84 bits per heavy atom. The highest BCUT2D eigenvalue weighted by Gasteiger charge is 2.26. The number of rotatable bonds is 4. The van der Waals surface area contributed by atoms with Crippen LogP contribution in [0, 0.1) is 0 Å². The van der Waals surface area contributed by atoms with Gasteiger partial charge in [-0.15, -0.1) is 5.10 Å². The fraction of sp³-hybridized carbons (Fsp3) is 0.409. The normalized spacial score (nSPS) is 17.5. The number of aromatic nitrogens is 6. The number of nitrogens with zero attached hydrogens (tertiary/aromatic N) is 6. The number of hydrogen-bond acceptors (Lipinski definition) is 7. The molecule has 0 spiro atoms. The van der Waals surface area contributed by atoms with Gasteiger partial charge in [0.25, 0.3) is 0 Å². The van der Waals surface area contributed by atoms with Crippen molar-refractivity contribution in [2.75, 3.05) is 11.9 Å². The summed E-state index contributed by atoms with van der Waals surface area (Å²) in [7, 11) is 1.84. The SMILES string of the molecule is Cn1cc(-c2nc3c4cccc(C(C)(C)O)c4nc(N[C@@H]4CCCCNC4=O)n3n2)cn1. The van der Waals surface area contributed by atoms with E-state index in [0.29, 0.717) is 41.5 Å². The zero-order valence-corrected chi connectivity index (χ0v) is 18.3. The van der Waals surface area contributed by atoms with Gasteiger partial charge >= 0.3 is 0 Å². The van der Waals surface area contributed by atoms with E-state index in [1.165, 1.54) is 0 Å². The Labute approximate surface area is 184 Å². The van der Waals surface area contributed by atoms with Crippen LogP contribution in [0.2, 0.25) is 0 Å². The van der Waals surface area contributed by atoms with Crippen molar-refractivity contribution in [3.05, 3.63) is 36.2 Å². The van der Waals surface area contributed by atoms with Crippen LogP contribution in [0.25, 0.3) is 27.9 Å². The minimum atomic E-state index is -1.10. The van der Waals surface area contributed by atoms with Gasteiger partial charge in [0.1, 0.15) is 6.04 Å². The van der Waals surface area contributed by atoms with Crippen LogP contribution >= 0.6 is 0 Å². The van der Waals surface area contributed by atoms with Gasteiger partial charge in [-0.1, -0.05) is 12.1 Å². The number of amides is 1. The molecule has 10 nitrogen and oxygen atoms in total. The highest BCUT2D eigenvalue weighted by Crippen LogP contribution is 2.31. The van der Waals surface area contributed by atoms with Crippen LogP contribution in [-0.2, 0) is 17.4 Å². The Hall–Kier alpha value is -3.53. The summed E-state index contributed by atoms with van der Waals surface area (Å²) in [4.78, 5) is 22.2. The number of carbonyl (C=O) groups is 1. The Morgan fingerprint density at radius 1 is 1.25 bits per heavy atom. The first kappa shape index (κ1) is 20.4. The smallest absolute Gasteiger partial charge is 0.242 e. The van der Waals surface area contributed by atoms with Gasteiger partial charge in [0.05, 0.1) is 22.9 Å². The van der Waals surface area contributed by atoms with Crippen molar-refractivity contribution >= 4 is 28.4 Å². The summed E-state index contributed by atoms with van der Waals surface area (Å²) in [5.74, 6) is 0.865. The number of aryl methyl sites for hydroxylation is 1. The fourth-order valence-corrected chi connectivity index (χ4v) is 4.11. The van der Waals surface area contributed by atoms with E-state index in [-0.39, 0.29) is 5.91 Å². The molecule has 1 fully saturated rings. The first-order valence-corrected chi connectivity index (χ1v) is 10.8. The van der Waals surface area contributed by atoms with E-state index in [1.54, 1.807) is 29.2 Å². The van der Waals surface area contributed by atoms with E-state index in [2.05, 4.69) is 20.8 Å². The van der Waals surface area contributed by atoms with E-state index in [0.717, 1.165) is 23.8 Å². The fourth-order valence-electron chi connectivity index (χ4n) is 4.11. The first-order chi connectivity index (χ1) is 15.3. The lowest BCUT2D eigenvalue weighted by Crippen LogP contribution is -2.38. The second-order valence-electron chi connectivity index (χ2n) is 8.75. The lowest BCUT2D eigenvalue weighted by Gasteiger charge is -2.21. The summed E-state index contributed by atoms with van der Waals surface area (Å²) >= 11 is 0. The van der Waals surface area contributed by atoms with Crippen LogP contribution in [-0.4, -0.2) is 53.0 Å². The van der Waals surface area contributed by atoms with Gasteiger partial charge in [-0.25, -0.2) is 9.97 Å². The molecule has 166 valence electrons. The minimum Gasteiger partial charge on any atom is -0.386 e. The number of para-hydroxylation sites is 1. The van der Waals surface area contributed by atoms with Gasteiger partial charge in [-0.2, -0.15) is 9.61 Å². The molecule has 3 aromatic heterocycles. The molecule has 1 amide bonds. The lowest BCUT2D eigenvalue weighted by atomic mass is 9.96. The topological polar surface area (TPSA) is 122 Å². The molecule has 3 N–H and O–H groups in total. The van der Waals surface area contributed by atoms with Crippen molar-refractivity contribution in [1.29, 1.82) is 0 Å². The monoisotopic (exact) mass is 434 g/mol. The summed E-state index contributed by atoms with van der Waals surface area (Å²) in [6, 6.07) is 5.22. The maximum Gasteiger partial charge on any atom is 0.242 e. The maximum absolute atomic E-state index is 12.6. The molecule has 1 atom stereocenters. The molecule has 5 rings (SSSR count). The van der Waals surface area contributed by atoms with Crippen molar-refractivity contribution < 1.29 is 9.90 Å². The number of carbonyl (C=O) groups excluding carboxylic acids is 1. The summed E-state index contributed by atoms with van der Waals surface area (Å²) in [6.45, 7) is 4.13. The highest BCUT2D eigenvalue weighted by atomic mass is 16.3. The standard InChI is InChI=1S/C22H26N8O2/c1-22(2,32)15-8-6-7-14-17(15)26-21(25-16-9-4-5-10-23-20(16)31)30-19(14)27-18(28-30)13-11-24-29(3)12-13/h6-8,11-12,16,32H,4-5,9-10H2,1-3H3,(H,23,31)(H,25,26)/t16-/m1/s1. The summed E-state index contributed by atoms with van der Waals surface area (Å²) in [6.07, 6.45) is 6.13. The summed E-state index contributed by atoms with van der Waals surface area (Å²) in [5.41, 5.74) is 1.57. The van der Waals surface area contributed by atoms with Gasteiger partial charge < -0.3 is 15.7 Å². The molecule has 1 aromatic carbocycles. The van der Waals surface area contributed by atoms with Crippen molar-refractivity contribution in [1.82, 2.24) is 34.7 Å². The van der Waals surface area contributed by atoms with Crippen molar-refractivity contribution in [3.63, 3.8) is 0 Å². The molecule has 0 bridgehead atoms. The van der Waals surface area contributed by atoms with E-state index in [9.17, 15) is 9.90 Å². The quantitative estimate of drug-likeness (QED) is 0.449. The van der Waals surface area contributed by atoms with Crippen molar-refractivity contribution in [2.24, 2.45) is 7.05 Å². The highest BCUT2D eigenvalue weighted by molar-refractivity contribution is 5.95. The third kappa shape index (κ3) is 3.56. The van der Waals surface area contributed by atoms with Gasteiger partial charge in [-0.3, -0.25) is 9.48 Å². The second-order valence-corrected chi connectivity index (χ2v) is 8.75. The predicted octanol–water partition coefficient (Wildman–Crippen LogP) is 1.99. The number of fused-ring (bicyclic) bond motifs is 3. The maximum atomic E-state index is 12.6. The number of benzene rings is 1. The van der Waals surface area contributed by atoms with Gasteiger partial charge in [0.15, 0.2) is 11.5 Å². The molecule has 10 heteroatoms. The molecule has 1 aliphatic heterocycles. The minimum absolute atomic E-state index is 0.0547. The van der Waals surface area contributed by atoms with Crippen LogP contribution in [0.15, 0.2) is 30.6 Å². The number of nitrogens with one attached hydrogen (secondary N) is 2. The third-order valence-corrected chi connectivity index (χ3v) is 5.76. The molecular weight excluding hydrogens is 408 g/mol. The zero-order chi connectivity index (χ0) is 22.5. The average Bonchev–Trinajstić information content (AvgIpc) is 3.33. The summed E-state index contributed by atoms with van der Waals surface area (Å²) in [5, 5.41) is 26.7. The van der Waals surface area contributed by atoms with Gasteiger partial charge in [0.2, 0.25) is 11.9 Å². The first-order valence-electron chi connectivity index (χ1n) is 10.8. The van der Waals surface area contributed by atoms with E-state index < -0.39 is 11.6 Å². The van der Waals surface area contributed by atoms with Crippen LogP contribution in [0.5, 0.6) is 0 Å². The molecule has 1 aliphatic rings. The molecule has 32 heavy (non-hydrogen) atoms. The van der Waals surface area contributed by atoms with Crippen molar-refractivity contribution in [3.8, 4) is 11.4 Å². The van der Waals surface area contributed by atoms with E-state index in [4.69, 9.17) is 9.97 Å². The van der Waals surface area contributed by atoms with Crippen LogP contribution < -0.4 is 10.6 Å². The molecule has 0 radical (unpaired) electrons. The zero-order valence-electron chi connectivity index (χ0n) is 18.3. The molecule has 1 saturated heterocycles. The predicted molar refractivity (Wildman–Crippen MR) is 120 cm³/mol. The van der Waals surface area contributed by atoms with E-state index in [1.807, 2.05) is 31.4 Å². The Bertz CT molecular complexity index is 1320. The Balaban J connectivity index is 1.74. The van der Waals surface area contributed by atoms with Crippen LogP contribution in [0.3, 0.4) is 0 Å². The molecule has 0 aliphatic carbocycles. The summed E-state index contributed by atoms with van der Waals surface area (Å²) < 4.78 is 3.33. The van der Waals surface area contributed by atoms with Gasteiger partial charge in [-0.05, 0) is 39.2 Å². The Kier molecular flexibility index (Phi) is 4.81. The molecule has 0 saturated carbocycles. The number of aliphatic hydroxyl groups is 1. The van der Waals surface area contributed by atoms with Crippen molar-refractivity contribution in [2.45, 2.75) is 44.8 Å². The number of hydrogen-bond donors (Lipinski definition) is 3. The molecule has 0 unspecified atom stereocenters. The van der Waals surface area contributed by atoms with Crippen LogP contribution in [0.1, 0.15) is 38.7 Å². The van der Waals surface area contributed by atoms with E-state index >= 15 is 0 Å². The average molecular weight is 435 g/mol. The number of anilines is 1. The Morgan fingerprint density at radius 2 is 2.09 bits per heavy atom. The largest absolute Gasteiger partial charge is 0.386 e. The van der Waals surface area contributed by atoms with Crippen LogP contribution in [0.4, 0.5) is 5.95 Å². The second kappa shape index (κ2) is 7.56. The lowest BCUT2D eigenvalue weighted by molar-refractivity contribution is -0.121. The molecule has 4 heterocycles. The molecular formula is C22H26N8O2. The molecule has 4 aromatic rings. The third-order valence-electron chi connectivity index (χ3n) is 5.76.